The van der Waals surface area contributed by atoms with Crippen LogP contribution < -0.4 is 0 Å². The minimum atomic E-state index is -2.46. The predicted molar refractivity (Wildman–Crippen MR) is 71.8 cm³/mol. The third kappa shape index (κ3) is 4.25. The van der Waals surface area contributed by atoms with Gasteiger partial charge in [-0.15, -0.1) is 0 Å². The largest absolute Gasteiger partial charge is 0.388 e. The van der Waals surface area contributed by atoms with Crippen molar-refractivity contribution in [1.82, 2.24) is 0 Å². The van der Waals surface area contributed by atoms with E-state index in [1.807, 2.05) is 27.7 Å². The monoisotopic (exact) mass is 272 g/mol. The van der Waals surface area contributed by atoms with Gasteiger partial charge >= 0.3 is 0 Å². The molecule has 0 fully saturated rings. The van der Waals surface area contributed by atoms with E-state index in [0.717, 1.165) is 27.8 Å². The van der Waals surface area contributed by atoms with Crippen molar-refractivity contribution in [2.24, 2.45) is 0 Å². The van der Waals surface area contributed by atoms with Gasteiger partial charge in [0.2, 0.25) is 0 Å². The van der Waals surface area contributed by atoms with Gasteiger partial charge in [0.05, 0.1) is 6.10 Å². The lowest BCUT2D eigenvalue weighted by atomic mass is 9.90. The van der Waals surface area contributed by atoms with E-state index in [-0.39, 0.29) is 6.61 Å². The standard InChI is InChI=1S/C15H22F2O2/c1-9-7-10(2)12(4)15(11(9)3)13(18)5-6-19-8-14(16)17/h7,13-14,18H,5-6,8H2,1-4H3. The first kappa shape index (κ1) is 16.1. The average molecular weight is 272 g/mol. The lowest BCUT2D eigenvalue weighted by molar-refractivity contribution is 0.00468. The van der Waals surface area contributed by atoms with E-state index in [9.17, 15) is 13.9 Å². The van der Waals surface area contributed by atoms with Crippen molar-refractivity contribution in [3.05, 3.63) is 33.9 Å². The molecule has 1 N–H and O–H groups in total. The SMILES string of the molecule is Cc1cc(C)c(C)c(C(O)CCOCC(F)F)c1C. The number of halogens is 2. The second kappa shape index (κ2) is 6.96. The molecule has 0 amide bonds. The molecule has 0 saturated heterocycles. The minimum absolute atomic E-state index is 0.136. The van der Waals surface area contributed by atoms with Crippen LogP contribution in [0.15, 0.2) is 6.07 Å². The molecule has 1 atom stereocenters. The van der Waals surface area contributed by atoms with Crippen LogP contribution in [0.4, 0.5) is 8.78 Å². The number of hydrogen-bond acceptors (Lipinski definition) is 2. The van der Waals surface area contributed by atoms with Crippen molar-refractivity contribution in [2.75, 3.05) is 13.2 Å². The maximum absolute atomic E-state index is 11.9. The van der Waals surface area contributed by atoms with Gasteiger partial charge in [-0.25, -0.2) is 8.78 Å². The summed E-state index contributed by atoms with van der Waals surface area (Å²) in [6.45, 7) is 7.52. The Morgan fingerprint density at radius 3 is 2.11 bits per heavy atom. The molecule has 0 bridgehead atoms. The Hall–Kier alpha value is -1.00. The van der Waals surface area contributed by atoms with E-state index in [0.29, 0.717) is 6.42 Å². The predicted octanol–water partition coefficient (Wildman–Crippen LogP) is 3.63. The Balaban J connectivity index is 2.74. The Morgan fingerprint density at radius 1 is 1.11 bits per heavy atom. The quantitative estimate of drug-likeness (QED) is 0.801. The third-order valence-electron chi connectivity index (χ3n) is 3.54. The molecule has 0 aliphatic heterocycles. The molecule has 4 heteroatoms. The maximum atomic E-state index is 11.9. The number of aliphatic hydroxyl groups is 1. The van der Waals surface area contributed by atoms with Crippen molar-refractivity contribution in [2.45, 2.75) is 46.6 Å². The molecule has 19 heavy (non-hydrogen) atoms. The van der Waals surface area contributed by atoms with Crippen molar-refractivity contribution in [3.8, 4) is 0 Å². The Labute approximate surface area is 113 Å². The molecule has 0 aliphatic carbocycles. The Bertz CT molecular complexity index is 404. The van der Waals surface area contributed by atoms with Crippen LogP contribution in [-0.2, 0) is 4.74 Å². The molecule has 1 rings (SSSR count). The zero-order valence-electron chi connectivity index (χ0n) is 12.0. The van der Waals surface area contributed by atoms with E-state index in [2.05, 4.69) is 6.07 Å². The van der Waals surface area contributed by atoms with E-state index >= 15 is 0 Å². The number of rotatable bonds is 6. The summed E-state index contributed by atoms with van der Waals surface area (Å²) in [7, 11) is 0. The summed E-state index contributed by atoms with van der Waals surface area (Å²) >= 11 is 0. The first-order valence-electron chi connectivity index (χ1n) is 6.45. The van der Waals surface area contributed by atoms with Gasteiger partial charge in [-0.2, -0.15) is 0 Å². The molecule has 2 nitrogen and oxygen atoms in total. The topological polar surface area (TPSA) is 29.5 Å². The highest BCUT2D eigenvalue weighted by Crippen LogP contribution is 2.29. The lowest BCUT2D eigenvalue weighted by Crippen LogP contribution is -2.11. The maximum Gasteiger partial charge on any atom is 0.261 e. The number of benzene rings is 1. The lowest BCUT2D eigenvalue weighted by Gasteiger charge is -2.20. The normalized spacial score (nSPS) is 13.1. The zero-order valence-corrected chi connectivity index (χ0v) is 12.0. The second-order valence-corrected chi connectivity index (χ2v) is 4.94. The van der Waals surface area contributed by atoms with Gasteiger partial charge < -0.3 is 9.84 Å². The molecule has 1 aromatic carbocycles. The average Bonchev–Trinajstić information content (AvgIpc) is 2.32. The molecule has 108 valence electrons. The van der Waals surface area contributed by atoms with Crippen LogP contribution in [0.5, 0.6) is 0 Å². The minimum Gasteiger partial charge on any atom is -0.388 e. The highest BCUT2D eigenvalue weighted by Gasteiger charge is 2.16. The summed E-state index contributed by atoms with van der Waals surface area (Å²) in [4.78, 5) is 0. The van der Waals surface area contributed by atoms with Gasteiger partial charge in [0.25, 0.3) is 6.43 Å². The highest BCUT2D eigenvalue weighted by atomic mass is 19.3. The summed E-state index contributed by atoms with van der Waals surface area (Å²) in [5, 5.41) is 10.2. The van der Waals surface area contributed by atoms with Crippen LogP contribution >= 0.6 is 0 Å². The van der Waals surface area contributed by atoms with Crippen molar-refractivity contribution in [1.29, 1.82) is 0 Å². The smallest absolute Gasteiger partial charge is 0.261 e. The zero-order chi connectivity index (χ0) is 14.6. The molecule has 0 aliphatic rings. The Morgan fingerprint density at radius 2 is 1.63 bits per heavy atom. The van der Waals surface area contributed by atoms with Crippen LogP contribution in [0, 0.1) is 27.7 Å². The van der Waals surface area contributed by atoms with Crippen LogP contribution in [0.3, 0.4) is 0 Å². The molecule has 1 aromatic rings. The van der Waals surface area contributed by atoms with Gasteiger partial charge in [-0.05, 0) is 55.5 Å². The molecule has 1 unspecified atom stereocenters. The van der Waals surface area contributed by atoms with Gasteiger partial charge in [0, 0.05) is 13.0 Å². The molecule has 0 saturated carbocycles. The molecule has 0 heterocycles. The van der Waals surface area contributed by atoms with E-state index in [4.69, 9.17) is 4.74 Å². The number of hydrogen-bond donors (Lipinski definition) is 1. The summed E-state index contributed by atoms with van der Waals surface area (Å²) in [6.07, 6.45) is -2.80. The van der Waals surface area contributed by atoms with Crippen molar-refractivity contribution >= 4 is 0 Å². The second-order valence-electron chi connectivity index (χ2n) is 4.94. The van der Waals surface area contributed by atoms with Gasteiger partial charge in [0.1, 0.15) is 6.61 Å². The molecular formula is C15H22F2O2. The number of alkyl halides is 2. The fourth-order valence-corrected chi connectivity index (χ4v) is 2.26. The molecule has 0 aromatic heterocycles. The number of aryl methyl sites for hydroxylation is 2. The molecular weight excluding hydrogens is 250 g/mol. The van der Waals surface area contributed by atoms with E-state index in [1.165, 1.54) is 0 Å². The summed E-state index contributed by atoms with van der Waals surface area (Å²) in [5.41, 5.74) is 5.28. The molecule has 0 spiro atoms. The van der Waals surface area contributed by atoms with Crippen LogP contribution in [0.25, 0.3) is 0 Å². The number of aliphatic hydroxyl groups excluding tert-OH is 1. The van der Waals surface area contributed by atoms with Crippen LogP contribution in [0.2, 0.25) is 0 Å². The van der Waals surface area contributed by atoms with E-state index in [1.54, 1.807) is 0 Å². The van der Waals surface area contributed by atoms with Crippen molar-refractivity contribution < 1.29 is 18.6 Å². The summed E-state index contributed by atoms with van der Waals surface area (Å²) in [6, 6.07) is 2.09. The fraction of sp³-hybridized carbons (Fsp3) is 0.600. The first-order valence-corrected chi connectivity index (χ1v) is 6.45. The van der Waals surface area contributed by atoms with Gasteiger partial charge in [0.15, 0.2) is 0 Å². The van der Waals surface area contributed by atoms with Crippen LogP contribution in [0.1, 0.15) is 40.3 Å². The van der Waals surface area contributed by atoms with Gasteiger partial charge in [-0.3, -0.25) is 0 Å². The van der Waals surface area contributed by atoms with Crippen molar-refractivity contribution in [3.63, 3.8) is 0 Å². The molecule has 0 radical (unpaired) electrons. The fourth-order valence-electron chi connectivity index (χ4n) is 2.26. The summed E-state index contributed by atoms with van der Waals surface area (Å²) < 4.78 is 28.7. The summed E-state index contributed by atoms with van der Waals surface area (Å²) in [5.74, 6) is 0. The van der Waals surface area contributed by atoms with Gasteiger partial charge in [-0.1, -0.05) is 6.07 Å². The van der Waals surface area contributed by atoms with E-state index < -0.39 is 19.1 Å². The third-order valence-corrected chi connectivity index (χ3v) is 3.54. The Kier molecular flexibility index (Phi) is 5.88. The first-order chi connectivity index (χ1) is 8.84. The number of ether oxygens (including phenoxy) is 1. The highest BCUT2D eigenvalue weighted by molar-refractivity contribution is 5.45. The van der Waals surface area contributed by atoms with Crippen LogP contribution in [-0.4, -0.2) is 24.7 Å².